The summed E-state index contributed by atoms with van der Waals surface area (Å²) in [5.41, 5.74) is 1.37. The van der Waals surface area contributed by atoms with Gasteiger partial charge in [0, 0.05) is 22.9 Å². The number of ketones is 1. The Hall–Kier alpha value is -2.34. The van der Waals surface area contributed by atoms with Crippen molar-refractivity contribution < 1.29 is 19.8 Å². The molecule has 1 aromatic heterocycles. The van der Waals surface area contributed by atoms with Gasteiger partial charge in [-0.2, -0.15) is 0 Å². The zero-order chi connectivity index (χ0) is 21.3. The molecule has 28 heavy (non-hydrogen) atoms. The molecule has 2 N–H and O–H groups in total. The number of carboxylic acids is 1. The Morgan fingerprint density at radius 2 is 1.57 bits per heavy atom. The first-order chi connectivity index (χ1) is 12.8. The maximum Gasteiger partial charge on any atom is 0.338 e. The molecule has 0 saturated carbocycles. The third kappa shape index (κ3) is 4.93. The van der Waals surface area contributed by atoms with Crippen LogP contribution in [0.4, 0.5) is 0 Å². The Labute approximate surface area is 170 Å². The Bertz CT molecular complexity index is 872. The second-order valence-corrected chi connectivity index (χ2v) is 9.76. The fourth-order valence-electron chi connectivity index (χ4n) is 2.82. The molecule has 0 unspecified atom stereocenters. The molecule has 1 heterocycles. The van der Waals surface area contributed by atoms with Crippen LogP contribution in [-0.2, 0) is 10.8 Å². The van der Waals surface area contributed by atoms with Gasteiger partial charge in [0.05, 0.1) is 11.3 Å². The topological polar surface area (TPSA) is 87.5 Å². The summed E-state index contributed by atoms with van der Waals surface area (Å²) in [5.74, 6) is -0.919. The highest BCUT2D eigenvalue weighted by atomic mass is 32.2. The highest BCUT2D eigenvalue weighted by Gasteiger charge is 2.28. The molecule has 150 valence electrons. The number of Topliss-reactive ketones (excluding diaryl/α,β-unsaturated/α-hetero) is 1. The number of carbonyl (C=O) groups is 2. The highest BCUT2D eigenvalue weighted by Crippen LogP contribution is 2.40. The van der Waals surface area contributed by atoms with Crippen LogP contribution in [0, 0.1) is 0 Å². The van der Waals surface area contributed by atoms with E-state index in [0.717, 1.165) is 22.9 Å². The van der Waals surface area contributed by atoms with Gasteiger partial charge in [-0.1, -0.05) is 53.3 Å². The Balaban J connectivity index is 2.39. The zero-order valence-electron chi connectivity index (χ0n) is 17.2. The lowest BCUT2D eigenvalue weighted by Gasteiger charge is -2.28. The van der Waals surface area contributed by atoms with Crippen LogP contribution in [0.1, 0.15) is 73.4 Å². The molecule has 0 aliphatic heterocycles. The summed E-state index contributed by atoms with van der Waals surface area (Å²) in [5, 5.41) is 20.4. The summed E-state index contributed by atoms with van der Waals surface area (Å²) in [4.78, 5) is 28.3. The molecule has 0 bridgehead atoms. The number of hydrogen-bond donors (Lipinski definition) is 2. The highest BCUT2D eigenvalue weighted by molar-refractivity contribution is 8.00. The number of pyridine rings is 1. The first-order valence-corrected chi connectivity index (χ1v) is 10.0. The van der Waals surface area contributed by atoms with Gasteiger partial charge in [-0.05, 0) is 35.1 Å². The van der Waals surface area contributed by atoms with Crippen molar-refractivity contribution in [1.29, 1.82) is 0 Å². The number of benzene rings is 1. The number of hydrogen-bond acceptors (Lipinski definition) is 5. The van der Waals surface area contributed by atoms with E-state index < -0.39 is 5.97 Å². The van der Waals surface area contributed by atoms with Crippen molar-refractivity contribution in [2.75, 3.05) is 5.75 Å². The lowest BCUT2D eigenvalue weighted by Crippen LogP contribution is -2.19. The van der Waals surface area contributed by atoms with Crippen molar-refractivity contribution in [3.8, 4) is 5.75 Å². The van der Waals surface area contributed by atoms with E-state index in [2.05, 4.69) is 4.98 Å². The molecular formula is C22H27NO4S. The van der Waals surface area contributed by atoms with Crippen LogP contribution in [0.25, 0.3) is 0 Å². The number of phenols is 1. The minimum Gasteiger partial charge on any atom is -0.507 e. The van der Waals surface area contributed by atoms with Crippen molar-refractivity contribution in [3.63, 3.8) is 0 Å². The van der Waals surface area contributed by atoms with E-state index >= 15 is 0 Å². The Morgan fingerprint density at radius 3 is 2.04 bits per heavy atom. The van der Waals surface area contributed by atoms with Crippen molar-refractivity contribution in [3.05, 3.63) is 52.7 Å². The Morgan fingerprint density at radius 1 is 1.04 bits per heavy atom. The molecule has 0 aliphatic carbocycles. The van der Waals surface area contributed by atoms with Crippen molar-refractivity contribution in [1.82, 2.24) is 4.98 Å². The molecule has 0 spiro atoms. The van der Waals surface area contributed by atoms with Gasteiger partial charge in [-0.3, -0.25) is 4.79 Å². The summed E-state index contributed by atoms with van der Waals surface area (Å²) < 4.78 is 0. The summed E-state index contributed by atoms with van der Waals surface area (Å²) in [7, 11) is 0. The average molecular weight is 402 g/mol. The third-order valence-corrected chi connectivity index (χ3v) is 5.39. The molecule has 0 saturated heterocycles. The second kappa shape index (κ2) is 7.95. The van der Waals surface area contributed by atoms with E-state index in [9.17, 15) is 19.8 Å². The third-order valence-electron chi connectivity index (χ3n) is 4.39. The lowest BCUT2D eigenvalue weighted by molar-refractivity contribution is 0.0691. The summed E-state index contributed by atoms with van der Waals surface area (Å²) in [6.45, 7) is 11.9. The van der Waals surface area contributed by atoms with E-state index in [0.29, 0.717) is 10.6 Å². The van der Waals surface area contributed by atoms with Crippen molar-refractivity contribution in [2.45, 2.75) is 57.4 Å². The number of aromatic hydroxyl groups is 1. The minimum atomic E-state index is -1.07. The van der Waals surface area contributed by atoms with Gasteiger partial charge < -0.3 is 10.2 Å². The fourth-order valence-corrected chi connectivity index (χ4v) is 3.71. The fraction of sp³-hybridized carbons (Fsp3) is 0.409. The van der Waals surface area contributed by atoms with Crippen LogP contribution in [0.15, 0.2) is 35.5 Å². The van der Waals surface area contributed by atoms with E-state index in [4.69, 9.17) is 0 Å². The number of aromatic carboxylic acids is 1. The number of aromatic nitrogens is 1. The average Bonchev–Trinajstić information content (AvgIpc) is 2.57. The van der Waals surface area contributed by atoms with Gasteiger partial charge in [-0.25, -0.2) is 9.78 Å². The molecule has 6 heteroatoms. The summed E-state index contributed by atoms with van der Waals surface area (Å²) in [6.07, 6.45) is 1.51. The van der Waals surface area contributed by atoms with Gasteiger partial charge >= 0.3 is 5.97 Å². The molecule has 1 aromatic carbocycles. The maximum absolute atomic E-state index is 12.9. The van der Waals surface area contributed by atoms with Gasteiger partial charge in [0.1, 0.15) is 10.8 Å². The van der Waals surface area contributed by atoms with Gasteiger partial charge in [0.15, 0.2) is 5.78 Å². The monoisotopic (exact) mass is 401 g/mol. The first kappa shape index (κ1) is 22.0. The first-order valence-electron chi connectivity index (χ1n) is 9.04. The standard InChI is InChI=1S/C22H27NO4S/c1-21(2,3)15-10-13(11-16(18(15)25)22(4,5)6)17(24)12-28-19-14(20(26)27)8-7-9-23-19/h7-11,25H,12H2,1-6H3,(H,26,27). The smallest absolute Gasteiger partial charge is 0.338 e. The van der Waals surface area contributed by atoms with Crippen LogP contribution in [-0.4, -0.2) is 32.7 Å². The van der Waals surface area contributed by atoms with E-state index in [1.807, 2.05) is 41.5 Å². The second-order valence-electron chi connectivity index (χ2n) is 8.79. The molecular weight excluding hydrogens is 374 g/mol. The van der Waals surface area contributed by atoms with E-state index in [-0.39, 0.29) is 33.7 Å². The largest absolute Gasteiger partial charge is 0.507 e. The van der Waals surface area contributed by atoms with Crippen LogP contribution in [0.2, 0.25) is 0 Å². The number of nitrogens with zero attached hydrogens (tertiary/aromatic N) is 1. The lowest BCUT2D eigenvalue weighted by atomic mass is 9.78. The quantitative estimate of drug-likeness (QED) is 0.538. The predicted molar refractivity (Wildman–Crippen MR) is 112 cm³/mol. The molecule has 2 aromatic rings. The summed E-state index contributed by atoms with van der Waals surface area (Å²) in [6, 6.07) is 6.51. The molecule has 0 radical (unpaired) electrons. The van der Waals surface area contributed by atoms with Crippen LogP contribution >= 0.6 is 11.8 Å². The van der Waals surface area contributed by atoms with Crippen LogP contribution in [0.3, 0.4) is 0 Å². The minimum absolute atomic E-state index is 0.0647. The molecule has 0 atom stereocenters. The normalized spacial score (nSPS) is 12.1. The van der Waals surface area contributed by atoms with Gasteiger partial charge in [0.25, 0.3) is 0 Å². The molecule has 5 nitrogen and oxygen atoms in total. The van der Waals surface area contributed by atoms with E-state index in [1.165, 1.54) is 12.3 Å². The van der Waals surface area contributed by atoms with Crippen molar-refractivity contribution in [2.24, 2.45) is 0 Å². The predicted octanol–water partition coefficient (Wildman–Crippen LogP) is 5.06. The molecule has 0 aliphatic rings. The zero-order valence-corrected chi connectivity index (χ0v) is 18.0. The molecule has 0 fully saturated rings. The van der Waals surface area contributed by atoms with Gasteiger partial charge in [-0.15, -0.1) is 0 Å². The SMILES string of the molecule is CC(C)(C)c1cc(C(=O)CSc2ncccc2C(=O)O)cc(C(C)(C)C)c1O. The number of carboxylic acid groups (broad SMARTS) is 1. The van der Waals surface area contributed by atoms with Crippen LogP contribution < -0.4 is 0 Å². The number of thioether (sulfide) groups is 1. The van der Waals surface area contributed by atoms with Gasteiger partial charge in [0.2, 0.25) is 0 Å². The molecule has 0 amide bonds. The van der Waals surface area contributed by atoms with Crippen molar-refractivity contribution >= 4 is 23.5 Å². The van der Waals surface area contributed by atoms with Crippen LogP contribution in [0.5, 0.6) is 5.75 Å². The number of rotatable bonds is 5. The Kier molecular flexibility index (Phi) is 6.24. The van der Waals surface area contributed by atoms with E-state index in [1.54, 1.807) is 18.2 Å². The number of phenolic OH excluding ortho intramolecular Hbond substituents is 1. The maximum atomic E-state index is 12.9. The summed E-state index contributed by atoms with van der Waals surface area (Å²) >= 11 is 1.11. The molecule has 2 rings (SSSR count). The number of carbonyl (C=O) groups excluding carboxylic acids is 1.